The predicted molar refractivity (Wildman–Crippen MR) is 243 cm³/mol. The van der Waals surface area contributed by atoms with Gasteiger partial charge in [0, 0.05) is 43.7 Å². The highest BCUT2D eigenvalue weighted by Crippen LogP contribution is 2.50. The van der Waals surface area contributed by atoms with Gasteiger partial charge in [-0.05, 0) is 75.8 Å². The molecular weight excluding hydrogens is 719 g/mol. The van der Waals surface area contributed by atoms with Gasteiger partial charge in [-0.25, -0.2) is 9.97 Å². The molecule has 0 amide bonds. The van der Waals surface area contributed by atoms with Crippen LogP contribution in [0.2, 0.25) is 0 Å². The maximum absolute atomic E-state index is 6.94. The van der Waals surface area contributed by atoms with E-state index in [1.54, 1.807) is 0 Å². The third-order valence-corrected chi connectivity index (χ3v) is 12.4. The van der Waals surface area contributed by atoms with Gasteiger partial charge in [0.25, 0.3) is 0 Å². The lowest BCUT2D eigenvalue weighted by atomic mass is 9.82. The SMILES string of the molecule is CC1(C)c2ccccc2-c2ccc(-c3cc(-c4ccccc4)nc(-c4ccc5c(c4)oc4c(-n6c7ccccc7c7c(-c8ccccc8)cccc76)cccc45)n3)cc21. The summed E-state index contributed by atoms with van der Waals surface area (Å²) in [5.41, 5.74) is 17.3. The normalized spacial score (nSPS) is 13.1. The van der Waals surface area contributed by atoms with Crippen LogP contribution >= 0.6 is 0 Å². The van der Waals surface area contributed by atoms with Crippen LogP contribution in [0.3, 0.4) is 0 Å². The first-order valence-corrected chi connectivity index (χ1v) is 20.2. The molecule has 12 rings (SSSR count). The van der Waals surface area contributed by atoms with E-state index in [9.17, 15) is 0 Å². The van der Waals surface area contributed by atoms with Gasteiger partial charge in [0.2, 0.25) is 0 Å². The van der Waals surface area contributed by atoms with Crippen LogP contribution in [0.15, 0.2) is 192 Å². The van der Waals surface area contributed by atoms with Crippen molar-refractivity contribution in [3.05, 3.63) is 199 Å². The molecule has 0 unspecified atom stereocenters. The number of furan rings is 1. The van der Waals surface area contributed by atoms with E-state index in [1.165, 1.54) is 44.2 Å². The zero-order valence-corrected chi connectivity index (χ0v) is 32.6. The van der Waals surface area contributed by atoms with Crippen LogP contribution in [-0.2, 0) is 5.41 Å². The average molecular weight is 756 g/mol. The molecule has 0 N–H and O–H groups in total. The van der Waals surface area contributed by atoms with Gasteiger partial charge in [0.15, 0.2) is 11.4 Å². The van der Waals surface area contributed by atoms with Crippen LogP contribution in [0.4, 0.5) is 0 Å². The number of nitrogens with zero attached hydrogens (tertiary/aromatic N) is 3. The molecule has 59 heavy (non-hydrogen) atoms. The number of benzene rings is 8. The van der Waals surface area contributed by atoms with Crippen molar-refractivity contribution in [1.29, 1.82) is 0 Å². The minimum Gasteiger partial charge on any atom is -0.454 e. The van der Waals surface area contributed by atoms with E-state index in [0.29, 0.717) is 5.82 Å². The zero-order chi connectivity index (χ0) is 39.2. The first-order valence-electron chi connectivity index (χ1n) is 20.2. The Labute approximate surface area is 341 Å². The summed E-state index contributed by atoms with van der Waals surface area (Å²) in [5, 5.41) is 4.55. The summed E-state index contributed by atoms with van der Waals surface area (Å²) in [4.78, 5) is 10.5. The highest BCUT2D eigenvalue weighted by molar-refractivity contribution is 6.17. The standard InChI is InChI=1S/C55H37N3O/c1-55(2)44-23-11-9-19-39(44)40-29-27-36(31-45(40)55)47-33-46(35-17-7-4-8-18-35)56-54(57-47)37-28-30-41-42-22-14-26-50(53(42)59-51(41)32-37)58-48-24-12-10-20-43(48)52-38(21-13-25-49(52)58)34-15-5-3-6-16-34/h3-33H,1-2H3. The molecule has 4 nitrogen and oxygen atoms in total. The van der Waals surface area contributed by atoms with Crippen molar-refractivity contribution in [2.45, 2.75) is 19.3 Å². The van der Waals surface area contributed by atoms with Crippen LogP contribution in [0.25, 0.3) is 106 Å². The average Bonchev–Trinajstić information content (AvgIpc) is 3.92. The van der Waals surface area contributed by atoms with E-state index >= 15 is 0 Å². The van der Waals surface area contributed by atoms with E-state index in [2.05, 4.69) is 200 Å². The number of hydrogen-bond donors (Lipinski definition) is 0. The van der Waals surface area contributed by atoms with E-state index in [4.69, 9.17) is 14.4 Å². The van der Waals surface area contributed by atoms with Gasteiger partial charge in [-0.1, -0.05) is 159 Å². The first kappa shape index (κ1) is 33.6. The molecule has 0 saturated carbocycles. The molecule has 1 aliphatic carbocycles. The Balaban J connectivity index is 1.02. The van der Waals surface area contributed by atoms with Gasteiger partial charge in [0.1, 0.15) is 5.58 Å². The monoisotopic (exact) mass is 755 g/mol. The quantitative estimate of drug-likeness (QED) is 0.176. The molecule has 3 aromatic heterocycles. The van der Waals surface area contributed by atoms with Gasteiger partial charge in [-0.3, -0.25) is 0 Å². The maximum atomic E-state index is 6.94. The van der Waals surface area contributed by atoms with Crippen LogP contribution in [-0.4, -0.2) is 14.5 Å². The maximum Gasteiger partial charge on any atom is 0.160 e. The van der Waals surface area contributed by atoms with Crippen molar-refractivity contribution in [2.24, 2.45) is 0 Å². The summed E-state index contributed by atoms with van der Waals surface area (Å²) in [6, 6.07) is 66.9. The Kier molecular flexibility index (Phi) is 7.24. The molecule has 1 aliphatic rings. The van der Waals surface area contributed by atoms with Crippen molar-refractivity contribution < 1.29 is 4.42 Å². The molecule has 4 heteroatoms. The zero-order valence-electron chi connectivity index (χ0n) is 32.6. The summed E-state index contributed by atoms with van der Waals surface area (Å²) in [6.07, 6.45) is 0. The Morgan fingerprint density at radius 3 is 1.93 bits per heavy atom. The van der Waals surface area contributed by atoms with Crippen molar-refractivity contribution in [2.75, 3.05) is 0 Å². The smallest absolute Gasteiger partial charge is 0.160 e. The Morgan fingerprint density at radius 1 is 0.441 bits per heavy atom. The fraction of sp³-hybridized carbons (Fsp3) is 0.0545. The van der Waals surface area contributed by atoms with E-state index in [-0.39, 0.29) is 5.41 Å². The highest BCUT2D eigenvalue weighted by atomic mass is 16.3. The Hall–Kier alpha value is -7.56. The third-order valence-electron chi connectivity index (χ3n) is 12.4. The van der Waals surface area contributed by atoms with Gasteiger partial charge in [0.05, 0.1) is 28.1 Å². The molecule has 0 fully saturated rings. The number of rotatable bonds is 5. The molecule has 3 heterocycles. The van der Waals surface area contributed by atoms with Gasteiger partial charge < -0.3 is 8.98 Å². The molecule has 0 atom stereocenters. The van der Waals surface area contributed by atoms with E-state index in [1.807, 2.05) is 6.07 Å². The number of para-hydroxylation sites is 2. The second-order valence-electron chi connectivity index (χ2n) is 16.1. The van der Waals surface area contributed by atoms with Crippen molar-refractivity contribution in [3.8, 4) is 61.8 Å². The number of aromatic nitrogens is 3. The number of hydrogen-bond acceptors (Lipinski definition) is 3. The van der Waals surface area contributed by atoms with Crippen LogP contribution in [0, 0.1) is 0 Å². The lowest BCUT2D eigenvalue weighted by Crippen LogP contribution is -2.14. The van der Waals surface area contributed by atoms with E-state index in [0.717, 1.165) is 66.7 Å². The molecular formula is C55H37N3O. The molecule has 8 aromatic carbocycles. The summed E-state index contributed by atoms with van der Waals surface area (Å²) in [6.45, 7) is 4.64. The second-order valence-corrected chi connectivity index (χ2v) is 16.1. The van der Waals surface area contributed by atoms with Crippen molar-refractivity contribution >= 4 is 43.7 Å². The van der Waals surface area contributed by atoms with Gasteiger partial charge in [-0.2, -0.15) is 0 Å². The minimum atomic E-state index is -0.116. The lowest BCUT2D eigenvalue weighted by molar-refractivity contribution is 0.660. The topological polar surface area (TPSA) is 43.9 Å². The summed E-state index contributed by atoms with van der Waals surface area (Å²) >= 11 is 0. The number of fused-ring (bicyclic) bond motifs is 9. The van der Waals surface area contributed by atoms with Crippen LogP contribution < -0.4 is 0 Å². The minimum absolute atomic E-state index is 0.116. The molecule has 0 aliphatic heterocycles. The van der Waals surface area contributed by atoms with Gasteiger partial charge >= 0.3 is 0 Å². The third kappa shape index (κ3) is 5.09. The van der Waals surface area contributed by atoms with Crippen LogP contribution in [0.5, 0.6) is 0 Å². The summed E-state index contributed by atoms with van der Waals surface area (Å²) in [5.74, 6) is 0.655. The van der Waals surface area contributed by atoms with Crippen LogP contribution in [0.1, 0.15) is 25.0 Å². The molecule has 0 saturated heterocycles. The summed E-state index contributed by atoms with van der Waals surface area (Å²) in [7, 11) is 0. The largest absolute Gasteiger partial charge is 0.454 e. The van der Waals surface area contributed by atoms with E-state index < -0.39 is 0 Å². The second kappa shape index (κ2) is 12.7. The van der Waals surface area contributed by atoms with Gasteiger partial charge in [-0.15, -0.1) is 0 Å². The molecule has 0 spiro atoms. The predicted octanol–water partition coefficient (Wildman–Crippen LogP) is 14.4. The lowest BCUT2D eigenvalue weighted by Gasteiger charge is -2.22. The first-order chi connectivity index (χ1) is 29.0. The Morgan fingerprint density at radius 2 is 1.08 bits per heavy atom. The molecule has 0 radical (unpaired) electrons. The fourth-order valence-corrected chi connectivity index (χ4v) is 9.58. The van der Waals surface area contributed by atoms with Crippen molar-refractivity contribution in [1.82, 2.24) is 14.5 Å². The molecule has 278 valence electrons. The fourth-order valence-electron chi connectivity index (χ4n) is 9.58. The molecule has 11 aromatic rings. The molecule has 0 bridgehead atoms. The van der Waals surface area contributed by atoms with Crippen molar-refractivity contribution in [3.63, 3.8) is 0 Å². The summed E-state index contributed by atoms with van der Waals surface area (Å²) < 4.78 is 9.30. The highest BCUT2D eigenvalue weighted by Gasteiger charge is 2.35. The Bertz CT molecular complexity index is 3460.